The number of benzene rings is 2. The monoisotopic (exact) mass is 347 g/mol. The summed E-state index contributed by atoms with van der Waals surface area (Å²) in [4.78, 5) is 22.8. The van der Waals surface area contributed by atoms with E-state index in [1.807, 2.05) is 67.6 Å². The lowest BCUT2D eigenvalue weighted by atomic mass is 10.2. The fourth-order valence-corrected chi connectivity index (χ4v) is 2.56. The van der Waals surface area contributed by atoms with E-state index in [2.05, 4.69) is 9.97 Å². The van der Waals surface area contributed by atoms with Gasteiger partial charge in [-0.15, -0.1) is 0 Å². The number of amides is 1. The molecular formula is C21H21N3O2. The molecule has 2 aromatic carbocycles. The zero-order valence-corrected chi connectivity index (χ0v) is 14.7. The van der Waals surface area contributed by atoms with Crippen LogP contribution in [0.5, 0.6) is 5.88 Å². The van der Waals surface area contributed by atoms with Gasteiger partial charge in [-0.1, -0.05) is 60.7 Å². The quantitative estimate of drug-likeness (QED) is 0.654. The first kappa shape index (κ1) is 17.6. The SMILES string of the molecule is CCN(Cc1ccccc1)C(=O)c1cc(OCc2ccccc2)ncn1. The van der Waals surface area contributed by atoms with E-state index in [4.69, 9.17) is 4.74 Å². The lowest BCUT2D eigenvalue weighted by Gasteiger charge is -2.20. The smallest absolute Gasteiger partial charge is 0.273 e. The molecule has 0 saturated heterocycles. The molecule has 0 radical (unpaired) electrons. The van der Waals surface area contributed by atoms with Crippen molar-refractivity contribution in [1.29, 1.82) is 0 Å². The fraction of sp³-hybridized carbons (Fsp3) is 0.190. The number of carbonyl (C=O) groups excluding carboxylic acids is 1. The fourth-order valence-electron chi connectivity index (χ4n) is 2.56. The maximum Gasteiger partial charge on any atom is 0.273 e. The van der Waals surface area contributed by atoms with Crippen LogP contribution in [0.25, 0.3) is 0 Å². The molecule has 0 unspecified atom stereocenters. The Labute approximate surface area is 153 Å². The number of hydrogen-bond acceptors (Lipinski definition) is 4. The molecule has 1 aromatic heterocycles. The van der Waals surface area contributed by atoms with Gasteiger partial charge < -0.3 is 9.64 Å². The highest BCUT2D eigenvalue weighted by Gasteiger charge is 2.17. The third kappa shape index (κ3) is 4.66. The van der Waals surface area contributed by atoms with E-state index in [-0.39, 0.29) is 5.91 Å². The molecule has 0 fully saturated rings. The highest BCUT2D eigenvalue weighted by molar-refractivity contribution is 5.92. The van der Waals surface area contributed by atoms with Gasteiger partial charge in [-0.25, -0.2) is 9.97 Å². The normalized spacial score (nSPS) is 10.3. The first-order chi connectivity index (χ1) is 12.8. The second-order valence-corrected chi connectivity index (χ2v) is 5.82. The number of rotatable bonds is 7. The molecule has 0 aliphatic rings. The first-order valence-electron chi connectivity index (χ1n) is 8.58. The minimum absolute atomic E-state index is 0.136. The van der Waals surface area contributed by atoms with Crippen LogP contribution in [0, 0.1) is 0 Å². The lowest BCUT2D eigenvalue weighted by molar-refractivity contribution is 0.0745. The van der Waals surface area contributed by atoms with Crippen molar-refractivity contribution in [3.63, 3.8) is 0 Å². The maximum atomic E-state index is 12.8. The predicted octanol–water partition coefficient (Wildman–Crippen LogP) is 3.72. The Balaban J connectivity index is 1.68. The molecule has 0 aliphatic heterocycles. The Morgan fingerprint density at radius 3 is 2.27 bits per heavy atom. The average Bonchev–Trinajstić information content (AvgIpc) is 2.72. The van der Waals surface area contributed by atoms with E-state index < -0.39 is 0 Å². The third-order valence-corrected chi connectivity index (χ3v) is 3.98. The summed E-state index contributed by atoms with van der Waals surface area (Å²) in [6, 6.07) is 21.3. The van der Waals surface area contributed by atoms with Crippen LogP contribution in [-0.2, 0) is 13.2 Å². The zero-order valence-electron chi connectivity index (χ0n) is 14.7. The second-order valence-electron chi connectivity index (χ2n) is 5.82. The van der Waals surface area contributed by atoms with Gasteiger partial charge in [0.05, 0.1) is 0 Å². The minimum Gasteiger partial charge on any atom is -0.473 e. The topological polar surface area (TPSA) is 55.3 Å². The molecule has 0 bridgehead atoms. The Bertz CT molecular complexity index is 838. The minimum atomic E-state index is -0.136. The van der Waals surface area contributed by atoms with Crippen molar-refractivity contribution < 1.29 is 9.53 Å². The molecule has 0 atom stereocenters. The van der Waals surface area contributed by atoms with Gasteiger partial charge in [0.25, 0.3) is 5.91 Å². The lowest BCUT2D eigenvalue weighted by Crippen LogP contribution is -2.31. The summed E-state index contributed by atoms with van der Waals surface area (Å²) in [5.41, 5.74) is 2.46. The van der Waals surface area contributed by atoms with E-state index in [9.17, 15) is 4.79 Å². The third-order valence-electron chi connectivity index (χ3n) is 3.98. The van der Waals surface area contributed by atoms with Gasteiger partial charge in [-0.2, -0.15) is 0 Å². The summed E-state index contributed by atoms with van der Waals surface area (Å²) in [7, 11) is 0. The standard InChI is InChI=1S/C21H21N3O2/c1-2-24(14-17-9-5-3-6-10-17)21(25)19-13-20(23-16-22-19)26-15-18-11-7-4-8-12-18/h3-13,16H,2,14-15H2,1H3. The van der Waals surface area contributed by atoms with Gasteiger partial charge >= 0.3 is 0 Å². The molecule has 5 heteroatoms. The van der Waals surface area contributed by atoms with Crippen molar-refractivity contribution in [2.24, 2.45) is 0 Å². The largest absolute Gasteiger partial charge is 0.473 e. The van der Waals surface area contributed by atoms with E-state index in [1.54, 1.807) is 11.0 Å². The number of carbonyl (C=O) groups is 1. The van der Waals surface area contributed by atoms with Crippen LogP contribution in [0.4, 0.5) is 0 Å². The summed E-state index contributed by atoms with van der Waals surface area (Å²) < 4.78 is 5.69. The molecule has 132 valence electrons. The molecule has 5 nitrogen and oxygen atoms in total. The van der Waals surface area contributed by atoms with Crippen LogP contribution in [0.15, 0.2) is 73.1 Å². The molecule has 0 aliphatic carbocycles. The van der Waals surface area contributed by atoms with Crippen LogP contribution in [0.1, 0.15) is 28.5 Å². The molecule has 1 heterocycles. The van der Waals surface area contributed by atoms with Crippen LogP contribution >= 0.6 is 0 Å². The van der Waals surface area contributed by atoms with Crippen LogP contribution in [0.2, 0.25) is 0 Å². The summed E-state index contributed by atoms with van der Waals surface area (Å²) in [5.74, 6) is 0.256. The van der Waals surface area contributed by atoms with E-state index in [0.29, 0.717) is 31.3 Å². The number of nitrogens with zero attached hydrogens (tertiary/aromatic N) is 3. The van der Waals surface area contributed by atoms with E-state index >= 15 is 0 Å². The number of ether oxygens (including phenoxy) is 1. The molecule has 1 amide bonds. The van der Waals surface area contributed by atoms with Crippen molar-refractivity contribution in [3.05, 3.63) is 89.9 Å². The van der Waals surface area contributed by atoms with Crippen LogP contribution in [0.3, 0.4) is 0 Å². The van der Waals surface area contributed by atoms with Crippen molar-refractivity contribution in [2.45, 2.75) is 20.1 Å². The molecule has 0 N–H and O–H groups in total. The van der Waals surface area contributed by atoms with Gasteiger partial charge in [0, 0.05) is 19.2 Å². The Kier molecular flexibility index (Phi) is 5.93. The van der Waals surface area contributed by atoms with Crippen LogP contribution < -0.4 is 4.74 Å². The first-order valence-corrected chi connectivity index (χ1v) is 8.58. The summed E-state index contributed by atoms with van der Waals surface area (Å²) in [5, 5.41) is 0. The van der Waals surface area contributed by atoms with E-state index in [1.165, 1.54) is 6.33 Å². The number of aromatic nitrogens is 2. The molecule has 3 rings (SSSR count). The summed E-state index contributed by atoms with van der Waals surface area (Å²) >= 11 is 0. The van der Waals surface area contributed by atoms with Crippen molar-refractivity contribution in [2.75, 3.05) is 6.54 Å². The second kappa shape index (κ2) is 8.76. The Morgan fingerprint density at radius 1 is 0.962 bits per heavy atom. The predicted molar refractivity (Wildman–Crippen MR) is 99.7 cm³/mol. The summed E-state index contributed by atoms with van der Waals surface area (Å²) in [6.45, 7) is 3.49. The molecule has 0 saturated carbocycles. The average molecular weight is 347 g/mol. The molecule has 3 aromatic rings. The maximum absolute atomic E-state index is 12.8. The van der Waals surface area contributed by atoms with Gasteiger partial charge in [-0.05, 0) is 18.1 Å². The Hall–Kier alpha value is -3.21. The van der Waals surface area contributed by atoms with Crippen molar-refractivity contribution >= 4 is 5.91 Å². The van der Waals surface area contributed by atoms with Gasteiger partial charge in [0.15, 0.2) is 0 Å². The van der Waals surface area contributed by atoms with E-state index in [0.717, 1.165) is 11.1 Å². The van der Waals surface area contributed by atoms with Gasteiger partial charge in [-0.3, -0.25) is 4.79 Å². The van der Waals surface area contributed by atoms with Gasteiger partial charge in [0.2, 0.25) is 5.88 Å². The highest BCUT2D eigenvalue weighted by Crippen LogP contribution is 2.13. The molecular weight excluding hydrogens is 326 g/mol. The molecule has 0 spiro atoms. The van der Waals surface area contributed by atoms with Gasteiger partial charge in [0.1, 0.15) is 18.6 Å². The Morgan fingerprint density at radius 2 is 1.62 bits per heavy atom. The van der Waals surface area contributed by atoms with Crippen LogP contribution in [-0.4, -0.2) is 27.3 Å². The zero-order chi connectivity index (χ0) is 18.2. The van der Waals surface area contributed by atoms with Crippen molar-refractivity contribution in [3.8, 4) is 5.88 Å². The highest BCUT2D eigenvalue weighted by atomic mass is 16.5. The summed E-state index contributed by atoms with van der Waals surface area (Å²) in [6.07, 6.45) is 1.36. The van der Waals surface area contributed by atoms with Crippen molar-refractivity contribution in [1.82, 2.24) is 14.9 Å². The molecule has 26 heavy (non-hydrogen) atoms. The number of hydrogen-bond donors (Lipinski definition) is 0.